The van der Waals surface area contributed by atoms with Crippen molar-refractivity contribution >= 4 is 63.9 Å². The monoisotopic (exact) mass is 660 g/mol. The predicted octanol–water partition coefficient (Wildman–Crippen LogP) is 4.58. The average Bonchev–Trinajstić information content (AvgIpc) is 3.02. The average molecular weight is 661 g/mol. The molecule has 0 aliphatic carbocycles. The highest BCUT2D eigenvalue weighted by atomic mass is 16.7. The molecule has 13 nitrogen and oxygen atoms in total. The molecule has 1 saturated heterocycles. The van der Waals surface area contributed by atoms with Crippen molar-refractivity contribution in [3.63, 3.8) is 0 Å². The standard InChI is InChI=1S/C35H36N2O11/c1-20(38)44-19-31-33(46-22(3)40)34(47-23(4)41)32(45-21(2)39)30(48-31)18-29(42)16-11-24-9-13-27(14-10-24)36-35(43)37-28-15-12-25-7-5-6-8-26(25)17-28/h5-17,30-34H,18-19H2,1-4H3,(H2,36,37,43)/b16-11+/t30-,31+,32-,33+,34+/m0/s1. The number of hydrogen-bond donors (Lipinski definition) is 2. The topological polar surface area (TPSA) is 173 Å². The minimum absolute atomic E-state index is 0.329. The highest BCUT2D eigenvalue weighted by molar-refractivity contribution is 6.01. The summed E-state index contributed by atoms with van der Waals surface area (Å²) in [6.45, 7) is 4.15. The third-order valence-electron chi connectivity index (χ3n) is 7.13. The Morgan fingerprint density at radius 3 is 1.85 bits per heavy atom. The number of hydrogen-bond acceptors (Lipinski definition) is 11. The molecule has 5 atom stereocenters. The van der Waals surface area contributed by atoms with Gasteiger partial charge in [-0.2, -0.15) is 0 Å². The van der Waals surface area contributed by atoms with Crippen LogP contribution < -0.4 is 10.6 Å². The van der Waals surface area contributed by atoms with E-state index in [1.807, 2.05) is 42.5 Å². The first kappa shape index (κ1) is 35.3. The summed E-state index contributed by atoms with van der Waals surface area (Å²) in [4.78, 5) is 73.1. The molecule has 0 spiro atoms. The SMILES string of the molecule is CC(=O)OC[C@H]1O[C@@H](CC(=O)/C=C/c2ccc(NC(=O)Nc3ccc4ccccc4c3)cc2)[C@H](OC(C)=O)[C@@H](OC(C)=O)[C@@H]1OC(C)=O. The van der Waals surface area contributed by atoms with Crippen LogP contribution in [0, 0.1) is 0 Å². The zero-order valence-electron chi connectivity index (χ0n) is 26.8. The minimum atomic E-state index is -1.36. The molecule has 1 aliphatic heterocycles. The molecule has 1 heterocycles. The molecule has 0 aromatic heterocycles. The number of carbonyl (C=O) groups excluding carboxylic acids is 6. The van der Waals surface area contributed by atoms with Crippen LogP contribution in [0.3, 0.4) is 0 Å². The second-order valence-electron chi connectivity index (χ2n) is 11.0. The van der Waals surface area contributed by atoms with Crippen molar-refractivity contribution in [2.75, 3.05) is 17.2 Å². The molecular formula is C35H36N2O11. The Kier molecular flexibility index (Phi) is 12.0. The fraction of sp³-hybridized carbons (Fsp3) is 0.314. The number of carbonyl (C=O) groups is 6. The number of nitrogens with one attached hydrogen (secondary N) is 2. The maximum Gasteiger partial charge on any atom is 0.323 e. The lowest BCUT2D eigenvalue weighted by Gasteiger charge is -2.44. The highest BCUT2D eigenvalue weighted by Gasteiger charge is 2.52. The lowest BCUT2D eigenvalue weighted by atomic mass is 9.91. The van der Waals surface area contributed by atoms with E-state index in [4.69, 9.17) is 23.7 Å². The van der Waals surface area contributed by atoms with E-state index in [0.717, 1.165) is 31.5 Å². The second kappa shape index (κ2) is 16.3. The summed E-state index contributed by atoms with van der Waals surface area (Å²) in [5, 5.41) is 7.62. The van der Waals surface area contributed by atoms with Gasteiger partial charge in [0.2, 0.25) is 0 Å². The van der Waals surface area contributed by atoms with E-state index < -0.39 is 66.2 Å². The molecule has 0 unspecified atom stereocenters. The van der Waals surface area contributed by atoms with Crippen LogP contribution in [-0.2, 0) is 47.7 Å². The molecule has 3 aromatic rings. The summed E-state index contributed by atoms with van der Waals surface area (Å²) in [5.74, 6) is -3.36. The fourth-order valence-electron chi connectivity index (χ4n) is 5.18. The van der Waals surface area contributed by atoms with Crippen LogP contribution in [0.2, 0.25) is 0 Å². The molecule has 48 heavy (non-hydrogen) atoms. The first-order valence-corrected chi connectivity index (χ1v) is 15.1. The molecule has 252 valence electrons. The van der Waals surface area contributed by atoms with Crippen LogP contribution >= 0.6 is 0 Å². The van der Waals surface area contributed by atoms with Gasteiger partial charge in [0.25, 0.3) is 0 Å². The van der Waals surface area contributed by atoms with Crippen LogP contribution in [0.25, 0.3) is 16.8 Å². The molecule has 1 fully saturated rings. The van der Waals surface area contributed by atoms with Crippen LogP contribution in [0.4, 0.5) is 16.2 Å². The smallest absolute Gasteiger partial charge is 0.323 e. The van der Waals surface area contributed by atoms with Crippen LogP contribution in [-0.4, -0.2) is 72.8 Å². The molecular weight excluding hydrogens is 624 g/mol. The van der Waals surface area contributed by atoms with Gasteiger partial charge in [-0.15, -0.1) is 0 Å². The van der Waals surface area contributed by atoms with Gasteiger partial charge in [-0.1, -0.05) is 48.5 Å². The molecule has 13 heteroatoms. The van der Waals surface area contributed by atoms with Gasteiger partial charge in [-0.3, -0.25) is 24.0 Å². The Balaban J connectivity index is 1.42. The van der Waals surface area contributed by atoms with E-state index in [1.54, 1.807) is 30.3 Å². The van der Waals surface area contributed by atoms with Crippen molar-refractivity contribution < 1.29 is 52.5 Å². The summed E-state index contributed by atoms with van der Waals surface area (Å²) in [6.07, 6.45) is -3.78. The van der Waals surface area contributed by atoms with Gasteiger partial charge in [0.05, 0.1) is 0 Å². The number of fused-ring (bicyclic) bond motifs is 1. The predicted molar refractivity (Wildman–Crippen MR) is 174 cm³/mol. The van der Waals surface area contributed by atoms with Gasteiger partial charge >= 0.3 is 29.9 Å². The van der Waals surface area contributed by atoms with Gasteiger partial charge in [0.1, 0.15) is 18.8 Å². The molecule has 0 bridgehead atoms. The maximum atomic E-state index is 13.1. The van der Waals surface area contributed by atoms with E-state index in [9.17, 15) is 28.8 Å². The Bertz CT molecular complexity index is 1700. The number of allylic oxidation sites excluding steroid dienone is 1. The fourth-order valence-corrected chi connectivity index (χ4v) is 5.18. The lowest BCUT2D eigenvalue weighted by Crippen LogP contribution is -2.62. The summed E-state index contributed by atoms with van der Waals surface area (Å²) < 4.78 is 27.2. The Hall–Kier alpha value is -5.56. The van der Waals surface area contributed by atoms with Crippen molar-refractivity contribution in [2.24, 2.45) is 0 Å². The molecule has 0 saturated carbocycles. The van der Waals surface area contributed by atoms with Crippen LogP contribution in [0.15, 0.2) is 72.8 Å². The normalized spacial score (nSPS) is 20.4. The van der Waals surface area contributed by atoms with Crippen molar-refractivity contribution in [3.05, 3.63) is 78.4 Å². The van der Waals surface area contributed by atoms with Gasteiger partial charge in [0.15, 0.2) is 24.1 Å². The van der Waals surface area contributed by atoms with Crippen molar-refractivity contribution in [2.45, 2.75) is 64.6 Å². The maximum absolute atomic E-state index is 13.1. The number of anilines is 2. The second-order valence-corrected chi connectivity index (χ2v) is 11.0. The third-order valence-corrected chi connectivity index (χ3v) is 7.13. The largest absolute Gasteiger partial charge is 0.463 e. The van der Waals surface area contributed by atoms with Gasteiger partial charge in [0, 0.05) is 45.5 Å². The Morgan fingerprint density at radius 1 is 0.667 bits per heavy atom. The number of urea groups is 1. The third kappa shape index (κ3) is 10.2. The number of rotatable bonds is 11. The van der Waals surface area contributed by atoms with E-state index in [2.05, 4.69) is 10.6 Å². The summed E-state index contributed by atoms with van der Waals surface area (Å²) >= 11 is 0. The number of esters is 4. The van der Waals surface area contributed by atoms with E-state index in [0.29, 0.717) is 16.9 Å². The molecule has 2 N–H and O–H groups in total. The highest BCUT2D eigenvalue weighted by Crippen LogP contribution is 2.31. The van der Waals surface area contributed by atoms with Gasteiger partial charge in [-0.05, 0) is 46.7 Å². The summed E-state index contributed by atoms with van der Waals surface area (Å²) in [6, 6.07) is 19.7. The number of ketones is 1. The van der Waals surface area contributed by atoms with Gasteiger partial charge in [-0.25, -0.2) is 4.79 Å². The minimum Gasteiger partial charge on any atom is -0.463 e. The van der Waals surface area contributed by atoms with Crippen molar-refractivity contribution in [1.82, 2.24) is 0 Å². The van der Waals surface area contributed by atoms with E-state index >= 15 is 0 Å². The molecule has 2 amide bonds. The number of ether oxygens (including phenoxy) is 5. The Morgan fingerprint density at radius 2 is 1.23 bits per heavy atom. The molecule has 3 aromatic carbocycles. The first-order chi connectivity index (χ1) is 22.9. The lowest BCUT2D eigenvalue weighted by molar-refractivity contribution is -0.252. The zero-order chi connectivity index (χ0) is 34.8. The van der Waals surface area contributed by atoms with Gasteiger partial charge < -0.3 is 34.3 Å². The summed E-state index contributed by atoms with van der Waals surface area (Å²) in [7, 11) is 0. The Labute approximate surface area is 276 Å². The van der Waals surface area contributed by atoms with Crippen molar-refractivity contribution in [1.29, 1.82) is 0 Å². The number of benzene rings is 3. The zero-order valence-corrected chi connectivity index (χ0v) is 26.8. The number of amides is 2. The van der Waals surface area contributed by atoms with Crippen LogP contribution in [0.5, 0.6) is 0 Å². The molecule has 0 radical (unpaired) electrons. The van der Waals surface area contributed by atoms with E-state index in [-0.39, 0.29) is 13.0 Å². The first-order valence-electron chi connectivity index (χ1n) is 15.1. The molecule has 1 aliphatic rings. The quantitative estimate of drug-likeness (QED) is 0.167. The van der Waals surface area contributed by atoms with Crippen molar-refractivity contribution in [3.8, 4) is 0 Å². The molecule has 4 rings (SSSR count). The van der Waals surface area contributed by atoms with Crippen LogP contribution in [0.1, 0.15) is 39.7 Å². The van der Waals surface area contributed by atoms with E-state index in [1.165, 1.54) is 13.0 Å². The summed E-state index contributed by atoms with van der Waals surface area (Å²) in [5.41, 5.74) is 1.81.